The highest BCUT2D eigenvalue weighted by Crippen LogP contribution is 2.36. The van der Waals surface area contributed by atoms with E-state index < -0.39 is 55.5 Å². The summed E-state index contributed by atoms with van der Waals surface area (Å²) in [5.41, 5.74) is 10.3. The molecule has 1 aromatic rings. The molecule has 13 heteroatoms. The van der Waals surface area contributed by atoms with Gasteiger partial charge in [0, 0.05) is 17.5 Å². The zero-order valence-electron chi connectivity index (χ0n) is 29.4. The van der Waals surface area contributed by atoms with Gasteiger partial charge in [0.2, 0.25) is 0 Å². The molecule has 256 valence electrons. The van der Waals surface area contributed by atoms with E-state index in [0.717, 1.165) is 60.0 Å². The van der Waals surface area contributed by atoms with Crippen LogP contribution in [0.25, 0.3) is 10.4 Å². The van der Waals surface area contributed by atoms with Gasteiger partial charge >= 0.3 is 6.09 Å². The van der Waals surface area contributed by atoms with Gasteiger partial charge in [0.1, 0.15) is 12.8 Å². The summed E-state index contributed by atoms with van der Waals surface area (Å²) in [4.78, 5) is 16.7. The molecule has 0 aliphatic carbocycles. The monoisotopic (exact) mass is 679 g/mol. The lowest BCUT2D eigenvalue weighted by atomic mass is 9.93. The van der Waals surface area contributed by atoms with Crippen LogP contribution in [0.15, 0.2) is 35.4 Å². The molecule has 1 amide bonds. The Labute approximate surface area is 275 Å². The average molecular weight is 680 g/mol. The normalized spacial score (nSPS) is 22.5. The largest absolute Gasteiger partial charge is 0.445 e. The maximum atomic E-state index is 13.6. The van der Waals surface area contributed by atoms with Gasteiger partial charge in [-0.05, 0) is 65.5 Å². The lowest BCUT2D eigenvalue weighted by Crippen LogP contribution is -2.75. The molecule has 1 aliphatic heterocycles. The number of amides is 1. The van der Waals surface area contributed by atoms with Crippen molar-refractivity contribution in [1.29, 1.82) is 0 Å². The van der Waals surface area contributed by atoms with Crippen LogP contribution < -0.4 is 10.6 Å². The van der Waals surface area contributed by atoms with E-state index in [0.29, 0.717) is 0 Å². The van der Waals surface area contributed by atoms with Gasteiger partial charge in [0.15, 0.2) is 25.0 Å². The smallest absolute Gasteiger partial charge is 0.407 e. The van der Waals surface area contributed by atoms with Gasteiger partial charge in [-0.25, -0.2) is 4.79 Å². The highest BCUT2D eigenvalue weighted by Gasteiger charge is 2.53. The minimum atomic E-state index is -2.22. The fraction of sp³-hybridized carbons (Fsp3) is 0.781. The number of alkyl carbamates (subject to hydrolysis) is 1. The molecule has 1 heterocycles. The summed E-state index contributed by atoms with van der Waals surface area (Å²) in [6.07, 6.45) is -2.00. The van der Waals surface area contributed by atoms with E-state index >= 15 is 0 Å². The number of hydrogen-bond acceptors (Lipinski definition) is 7. The molecule has 45 heavy (non-hydrogen) atoms. The summed E-state index contributed by atoms with van der Waals surface area (Å²) < 4.78 is 27.6. The maximum absolute atomic E-state index is 13.6. The number of hydrogen-bond donors (Lipinski definition) is 2. The second-order valence-corrected chi connectivity index (χ2v) is 26.5. The van der Waals surface area contributed by atoms with Crippen molar-refractivity contribution in [3.8, 4) is 0 Å². The first-order chi connectivity index (χ1) is 21.6. The SMILES string of the molecule is CC[Si](CC)(CC)O[C@@H]1[C@@H](NC(=O)OCc2ccccc2)[C@@H](O[Si](CC)(CC)CC)N[C@H](CN=[N+]=[N-])[C@H]1O[Si](CC)(CC)CC. The number of carbonyl (C=O) groups excluding carboxylic acids is 1. The summed E-state index contributed by atoms with van der Waals surface area (Å²) in [5, 5.41) is 11.0. The summed E-state index contributed by atoms with van der Waals surface area (Å²) in [6.45, 7) is 20.2. The van der Waals surface area contributed by atoms with Gasteiger partial charge in [-0.15, -0.1) is 0 Å². The van der Waals surface area contributed by atoms with Crippen molar-refractivity contribution < 1.29 is 22.8 Å². The van der Waals surface area contributed by atoms with Crippen LogP contribution in [0.4, 0.5) is 4.79 Å². The summed E-state index contributed by atoms with van der Waals surface area (Å²) in [7, 11) is -6.56. The Morgan fingerprint density at radius 3 is 1.71 bits per heavy atom. The zero-order chi connectivity index (χ0) is 33.5. The van der Waals surface area contributed by atoms with Crippen molar-refractivity contribution >= 4 is 31.0 Å². The molecule has 0 radical (unpaired) electrons. The van der Waals surface area contributed by atoms with Gasteiger partial charge in [-0.3, -0.25) is 5.32 Å². The van der Waals surface area contributed by atoms with Crippen LogP contribution in [0.1, 0.15) is 67.9 Å². The highest BCUT2D eigenvalue weighted by molar-refractivity contribution is 6.74. The molecule has 0 bridgehead atoms. The number of nitrogens with one attached hydrogen (secondary N) is 2. The first kappa shape index (κ1) is 39.5. The molecular weight excluding hydrogens is 619 g/mol. The second-order valence-electron chi connectivity index (χ2n) is 12.4. The van der Waals surface area contributed by atoms with Gasteiger partial charge in [-0.1, -0.05) is 97.8 Å². The van der Waals surface area contributed by atoms with E-state index in [1.54, 1.807) is 0 Å². The van der Waals surface area contributed by atoms with E-state index in [1.165, 1.54) is 0 Å². The Balaban J connectivity index is 2.70. The first-order valence-corrected chi connectivity index (χ1v) is 25.0. The van der Waals surface area contributed by atoms with E-state index in [9.17, 15) is 10.3 Å². The molecule has 1 aliphatic rings. The quantitative estimate of drug-likeness (QED) is 0.0614. The topological polar surface area (TPSA) is 127 Å². The molecule has 0 aromatic heterocycles. The molecule has 0 saturated carbocycles. The first-order valence-electron chi connectivity index (χ1n) is 17.4. The fourth-order valence-corrected chi connectivity index (χ4v) is 15.1. The Bertz CT molecular complexity index is 1030. The lowest BCUT2D eigenvalue weighted by molar-refractivity contribution is -0.0815. The Hall–Kier alpha value is -1.71. The number of benzene rings is 1. The van der Waals surface area contributed by atoms with Crippen molar-refractivity contribution in [3.63, 3.8) is 0 Å². The lowest BCUT2D eigenvalue weighted by Gasteiger charge is -2.53. The number of rotatable bonds is 20. The van der Waals surface area contributed by atoms with E-state index in [-0.39, 0.29) is 19.2 Å². The summed E-state index contributed by atoms with van der Waals surface area (Å²) in [6, 6.07) is 17.4. The molecule has 1 aromatic carbocycles. The number of ether oxygens (including phenoxy) is 1. The molecule has 10 nitrogen and oxygen atoms in total. The number of nitrogens with zero attached hydrogens (tertiary/aromatic N) is 3. The van der Waals surface area contributed by atoms with Crippen LogP contribution in [0.3, 0.4) is 0 Å². The predicted molar refractivity (Wildman–Crippen MR) is 191 cm³/mol. The minimum absolute atomic E-state index is 0.163. The number of azide groups is 1. The van der Waals surface area contributed by atoms with Gasteiger partial charge < -0.3 is 23.3 Å². The van der Waals surface area contributed by atoms with Crippen LogP contribution in [0.2, 0.25) is 54.4 Å². The standard InChI is InChI=1S/C32H61N5O5Si3/c1-10-43(11-2,12-3)40-29-27(24-34-37-33)35-31(42-45(16-7,17-8)18-9)28(30(29)41-44(13-4,14-5)15-6)36-32(38)39-25-26-22-20-19-21-23-26/h19-23,27-31,35H,10-18,24-25H2,1-9H3,(H,36,38)/t27-,28-,29-,30-,31-/m1/s1. The maximum Gasteiger partial charge on any atom is 0.407 e. The third-order valence-corrected chi connectivity index (χ3v) is 24.5. The molecule has 5 atom stereocenters. The second kappa shape index (κ2) is 19.2. The fourth-order valence-electron chi connectivity index (χ4n) is 6.60. The number of carbonyl (C=O) groups is 1. The average Bonchev–Trinajstić information content (AvgIpc) is 3.09. The van der Waals surface area contributed by atoms with Crippen molar-refractivity contribution in [2.45, 2.75) is 154 Å². The predicted octanol–water partition coefficient (Wildman–Crippen LogP) is 8.69. The van der Waals surface area contributed by atoms with Crippen LogP contribution in [-0.2, 0) is 24.6 Å². The minimum Gasteiger partial charge on any atom is -0.445 e. The van der Waals surface area contributed by atoms with Gasteiger partial charge in [0.05, 0.1) is 18.2 Å². The van der Waals surface area contributed by atoms with Crippen molar-refractivity contribution in [1.82, 2.24) is 10.6 Å². The molecule has 1 saturated heterocycles. The van der Waals surface area contributed by atoms with Crippen molar-refractivity contribution in [3.05, 3.63) is 46.3 Å². The Morgan fingerprint density at radius 2 is 1.24 bits per heavy atom. The molecule has 2 rings (SSSR count). The highest BCUT2D eigenvalue weighted by atomic mass is 28.4. The molecule has 0 spiro atoms. The van der Waals surface area contributed by atoms with Crippen LogP contribution in [0, 0.1) is 0 Å². The molecule has 2 N–H and O–H groups in total. The molecule has 0 unspecified atom stereocenters. The van der Waals surface area contributed by atoms with Crippen molar-refractivity contribution in [2.75, 3.05) is 6.54 Å². The summed E-state index contributed by atoms with van der Waals surface area (Å²) in [5.74, 6) is 0. The summed E-state index contributed by atoms with van der Waals surface area (Å²) >= 11 is 0. The zero-order valence-corrected chi connectivity index (χ0v) is 32.4. The van der Waals surface area contributed by atoms with E-state index in [2.05, 4.69) is 83.0 Å². The van der Waals surface area contributed by atoms with Crippen LogP contribution in [-0.4, -0.2) is 68.1 Å². The van der Waals surface area contributed by atoms with E-state index in [1.807, 2.05) is 30.3 Å². The van der Waals surface area contributed by atoms with Crippen molar-refractivity contribution in [2.24, 2.45) is 5.11 Å². The Kier molecular flexibility index (Phi) is 16.8. The van der Waals surface area contributed by atoms with Crippen LogP contribution in [0.5, 0.6) is 0 Å². The van der Waals surface area contributed by atoms with E-state index in [4.69, 9.17) is 18.0 Å². The third-order valence-electron chi connectivity index (χ3n) is 10.6. The number of piperidine rings is 1. The Morgan fingerprint density at radius 1 is 0.778 bits per heavy atom. The molecular formula is C32H61N5O5Si3. The third kappa shape index (κ3) is 10.4. The van der Waals surface area contributed by atoms with Gasteiger partial charge in [-0.2, -0.15) is 0 Å². The van der Waals surface area contributed by atoms with Gasteiger partial charge in [0.25, 0.3) is 0 Å². The van der Waals surface area contributed by atoms with Crippen LogP contribution >= 0.6 is 0 Å². The molecule has 1 fully saturated rings.